The molecule has 1 heterocycles. The van der Waals surface area contributed by atoms with E-state index in [9.17, 15) is 9.50 Å². The van der Waals surface area contributed by atoms with Gasteiger partial charge in [-0.05, 0) is 31.2 Å². The molecule has 1 N–H and O–H groups in total. The molecule has 0 spiro atoms. The molecule has 4 nitrogen and oxygen atoms in total. The Kier molecular flexibility index (Phi) is 5.58. The van der Waals surface area contributed by atoms with Crippen LogP contribution in [-0.2, 0) is 6.54 Å². The minimum Gasteiger partial charge on any atom is -0.388 e. The summed E-state index contributed by atoms with van der Waals surface area (Å²) in [5, 5.41) is 14.5. The van der Waals surface area contributed by atoms with Crippen LogP contribution in [-0.4, -0.2) is 33.4 Å². The van der Waals surface area contributed by atoms with E-state index in [1.54, 1.807) is 29.1 Å². The Labute approximate surface area is 147 Å². The second-order valence-corrected chi connectivity index (χ2v) is 6.20. The first-order valence-electron chi connectivity index (χ1n) is 8.33. The maximum Gasteiger partial charge on any atom is 0.148 e. The third-order valence-electron chi connectivity index (χ3n) is 4.16. The summed E-state index contributed by atoms with van der Waals surface area (Å²) in [6, 6.07) is 16.2. The van der Waals surface area contributed by atoms with Gasteiger partial charge in [-0.15, -0.1) is 0 Å². The van der Waals surface area contributed by atoms with Gasteiger partial charge in [-0.2, -0.15) is 5.10 Å². The van der Waals surface area contributed by atoms with Gasteiger partial charge >= 0.3 is 0 Å². The molecule has 0 aliphatic rings. The fourth-order valence-corrected chi connectivity index (χ4v) is 2.79. The van der Waals surface area contributed by atoms with Crippen molar-refractivity contribution >= 4 is 0 Å². The van der Waals surface area contributed by atoms with E-state index in [0.29, 0.717) is 18.7 Å². The molecule has 0 amide bonds. The van der Waals surface area contributed by atoms with E-state index in [-0.39, 0.29) is 5.82 Å². The number of aromatic nitrogens is 2. The van der Waals surface area contributed by atoms with Crippen LogP contribution in [0.4, 0.5) is 4.39 Å². The monoisotopic (exact) mass is 339 g/mol. The fraction of sp³-hybridized carbons (Fsp3) is 0.250. The highest BCUT2D eigenvalue weighted by Crippen LogP contribution is 2.17. The third kappa shape index (κ3) is 4.53. The summed E-state index contributed by atoms with van der Waals surface area (Å²) in [4.78, 5) is 2.12. The van der Waals surface area contributed by atoms with E-state index >= 15 is 0 Å². The van der Waals surface area contributed by atoms with Gasteiger partial charge in [0.05, 0.1) is 12.3 Å². The molecule has 0 bridgehead atoms. The highest BCUT2D eigenvalue weighted by atomic mass is 19.1. The molecule has 0 aliphatic heterocycles. The summed E-state index contributed by atoms with van der Waals surface area (Å²) >= 11 is 0. The minimum absolute atomic E-state index is 0.295. The molecule has 0 radical (unpaired) electrons. The highest BCUT2D eigenvalue weighted by Gasteiger charge is 2.10. The van der Waals surface area contributed by atoms with E-state index in [0.717, 1.165) is 17.7 Å². The molecule has 25 heavy (non-hydrogen) atoms. The molecule has 3 aromatic rings. The quantitative estimate of drug-likeness (QED) is 0.715. The molecule has 0 unspecified atom stereocenters. The van der Waals surface area contributed by atoms with Crippen molar-refractivity contribution in [1.82, 2.24) is 14.7 Å². The molecule has 0 saturated carbocycles. The second-order valence-electron chi connectivity index (χ2n) is 6.20. The average molecular weight is 339 g/mol. The van der Waals surface area contributed by atoms with Crippen molar-refractivity contribution in [1.29, 1.82) is 0 Å². The Morgan fingerprint density at radius 3 is 2.60 bits per heavy atom. The molecular weight excluding hydrogens is 317 g/mol. The Balaban J connectivity index is 1.55. The number of aliphatic hydroxyl groups is 1. The fourth-order valence-electron chi connectivity index (χ4n) is 2.79. The highest BCUT2D eigenvalue weighted by molar-refractivity contribution is 5.32. The number of para-hydroxylation sites is 1. The maximum atomic E-state index is 13.8. The topological polar surface area (TPSA) is 41.3 Å². The van der Waals surface area contributed by atoms with Crippen LogP contribution in [0.5, 0.6) is 0 Å². The van der Waals surface area contributed by atoms with Gasteiger partial charge < -0.3 is 10.0 Å². The van der Waals surface area contributed by atoms with Crippen LogP contribution < -0.4 is 0 Å². The normalized spacial score (nSPS) is 12.5. The lowest BCUT2D eigenvalue weighted by atomic mass is 10.1. The van der Waals surface area contributed by atoms with Crippen LogP contribution in [0, 0.1) is 5.82 Å². The smallest absolute Gasteiger partial charge is 0.148 e. The lowest BCUT2D eigenvalue weighted by Gasteiger charge is -2.18. The van der Waals surface area contributed by atoms with Gasteiger partial charge in [0.25, 0.3) is 0 Å². The molecule has 1 aromatic heterocycles. The number of aliphatic hydroxyl groups excluding tert-OH is 1. The first-order chi connectivity index (χ1) is 12.1. The summed E-state index contributed by atoms with van der Waals surface area (Å²) in [5.41, 5.74) is 2.37. The zero-order valence-electron chi connectivity index (χ0n) is 14.2. The Hall–Kier alpha value is -2.50. The summed E-state index contributed by atoms with van der Waals surface area (Å²) < 4.78 is 15.4. The van der Waals surface area contributed by atoms with Crippen molar-refractivity contribution in [3.05, 3.63) is 83.9 Å². The molecule has 130 valence electrons. The number of hydrogen-bond acceptors (Lipinski definition) is 3. The van der Waals surface area contributed by atoms with Gasteiger partial charge in [0.15, 0.2) is 0 Å². The van der Waals surface area contributed by atoms with Crippen molar-refractivity contribution in [2.45, 2.75) is 19.1 Å². The van der Waals surface area contributed by atoms with Crippen LogP contribution in [0.25, 0.3) is 5.69 Å². The van der Waals surface area contributed by atoms with E-state index < -0.39 is 6.10 Å². The summed E-state index contributed by atoms with van der Waals surface area (Å²) in [6.45, 7) is 1.44. The zero-order chi connectivity index (χ0) is 17.6. The molecule has 1 atom stereocenters. The molecule has 3 rings (SSSR count). The number of benzene rings is 2. The molecule has 0 saturated heterocycles. The van der Waals surface area contributed by atoms with Crippen molar-refractivity contribution in [3.63, 3.8) is 0 Å². The van der Waals surface area contributed by atoms with E-state index in [4.69, 9.17) is 0 Å². The summed E-state index contributed by atoms with van der Waals surface area (Å²) in [7, 11) is 2.00. The summed E-state index contributed by atoms with van der Waals surface area (Å²) in [5.74, 6) is -0.295. The lowest BCUT2D eigenvalue weighted by molar-refractivity contribution is 0.147. The largest absolute Gasteiger partial charge is 0.388 e. The van der Waals surface area contributed by atoms with Crippen LogP contribution in [0.2, 0.25) is 0 Å². The van der Waals surface area contributed by atoms with Gasteiger partial charge in [0.2, 0.25) is 0 Å². The van der Waals surface area contributed by atoms with Crippen LogP contribution in [0.3, 0.4) is 0 Å². The van der Waals surface area contributed by atoms with Crippen LogP contribution >= 0.6 is 0 Å². The second kappa shape index (κ2) is 8.05. The average Bonchev–Trinajstić information content (AvgIpc) is 3.09. The number of hydrogen-bond donors (Lipinski definition) is 1. The van der Waals surface area contributed by atoms with Gasteiger partial charge in [-0.25, -0.2) is 9.07 Å². The number of rotatable bonds is 7. The van der Waals surface area contributed by atoms with Gasteiger partial charge in [-0.1, -0.05) is 42.5 Å². The van der Waals surface area contributed by atoms with Gasteiger partial charge in [0.1, 0.15) is 11.5 Å². The standard InChI is InChI=1S/C20H22FN3O/c1-23(12-11-20(25)17-7-3-2-4-8-17)14-16-13-22-24(15-16)19-10-6-5-9-18(19)21/h2-10,13,15,20,25H,11-12,14H2,1H3/t20-/m1/s1. The SMILES string of the molecule is CN(CC[C@@H](O)c1ccccc1)Cc1cnn(-c2ccccc2F)c1. The third-order valence-corrected chi connectivity index (χ3v) is 4.16. The summed E-state index contributed by atoms with van der Waals surface area (Å²) in [6.07, 6.45) is 3.77. The zero-order valence-corrected chi connectivity index (χ0v) is 14.2. The Morgan fingerprint density at radius 1 is 1.12 bits per heavy atom. The Bertz CT molecular complexity index is 803. The molecule has 2 aromatic carbocycles. The van der Waals surface area contributed by atoms with Gasteiger partial charge in [-0.3, -0.25) is 0 Å². The first kappa shape index (κ1) is 17.3. The van der Waals surface area contributed by atoms with Gasteiger partial charge in [0, 0.05) is 24.8 Å². The van der Waals surface area contributed by atoms with Crippen molar-refractivity contribution in [2.24, 2.45) is 0 Å². The number of halogens is 1. The first-order valence-corrected chi connectivity index (χ1v) is 8.33. The van der Waals surface area contributed by atoms with Crippen molar-refractivity contribution in [2.75, 3.05) is 13.6 Å². The van der Waals surface area contributed by atoms with Crippen molar-refractivity contribution in [3.8, 4) is 5.69 Å². The number of nitrogens with zero attached hydrogens (tertiary/aromatic N) is 3. The lowest BCUT2D eigenvalue weighted by Crippen LogP contribution is -2.20. The maximum absolute atomic E-state index is 13.8. The molecule has 5 heteroatoms. The van der Waals surface area contributed by atoms with E-state index in [1.807, 2.05) is 43.6 Å². The van der Waals surface area contributed by atoms with E-state index in [2.05, 4.69) is 10.00 Å². The molecule has 0 fully saturated rings. The predicted octanol–water partition coefficient (Wildman–Crippen LogP) is 3.57. The van der Waals surface area contributed by atoms with Crippen LogP contribution in [0.1, 0.15) is 23.7 Å². The Morgan fingerprint density at radius 2 is 1.84 bits per heavy atom. The molecular formula is C20H22FN3O. The predicted molar refractivity (Wildman–Crippen MR) is 95.9 cm³/mol. The van der Waals surface area contributed by atoms with Crippen LogP contribution in [0.15, 0.2) is 67.0 Å². The van der Waals surface area contributed by atoms with E-state index in [1.165, 1.54) is 6.07 Å². The minimum atomic E-state index is -0.468. The van der Waals surface area contributed by atoms with Crippen molar-refractivity contribution < 1.29 is 9.50 Å². The molecule has 0 aliphatic carbocycles.